The molecule has 5 aromatic carbocycles. The van der Waals surface area contributed by atoms with Crippen LogP contribution < -0.4 is 0 Å². The van der Waals surface area contributed by atoms with Crippen molar-refractivity contribution < 1.29 is 0 Å². The maximum absolute atomic E-state index is 8.35. The highest BCUT2D eigenvalue weighted by Gasteiger charge is 2.12. The second kappa shape index (κ2) is 14.4. The summed E-state index contributed by atoms with van der Waals surface area (Å²) in [6.45, 7) is 16.3. The minimum absolute atomic E-state index is 0.452. The number of para-hydroxylation sites is 1. The first-order valence-electron chi connectivity index (χ1n) is 16.2. The van der Waals surface area contributed by atoms with E-state index in [9.17, 15) is 0 Å². The van der Waals surface area contributed by atoms with E-state index >= 15 is 0 Å². The second-order valence-electron chi connectivity index (χ2n) is 12.5. The lowest BCUT2D eigenvalue weighted by molar-refractivity contribution is 0.796. The lowest BCUT2D eigenvalue weighted by atomic mass is 10.0. The van der Waals surface area contributed by atoms with Gasteiger partial charge in [0.25, 0.3) is 0 Å². The third-order valence-corrected chi connectivity index (χ3v) is 8.35. The Kier molecular flexibility index (Phi) is 10.1. The molecule has 0 aliphatic rings. The van der Waals surface area contributed by atoms with Crippen LogP contribution in [0.1, 0.15) is 64.3 Å². The molecule has 0 fully saturated rings. The molecular formula is C43H45N3. The Balaban J connectivity index is 0.000000182. The van der Waals surface area contributed by atoms with Crippen LogP contribution in [-0.2, 0) is 6.42 Å². The topological polar surface area (TPSA) is 41.1 Å². The van der Waals surface area contributed by atoms with Crippen LogP contribution in [0.2, 0.25) is 0 Å². The fourth-order valence-corrected chi connectivity index (χ4v) is 6.22. The van der Waals surface area contributed by atoms with Crippen molar-refractivity contribution in [2.45, 2.75) is 60.8 Å². The van der Waals surface area contributed by atoms with Gasteiger partial charge in [-0.3, -0.25) is 4.99 Å². The number of unbranched alkanes of at least 4 members (excludes halogenated alkanes) is 1. The summed E-state index contributed by atoms with van der Waals surface area (Å²) in [4.78, 5) is 4.12. The number of hydrogen-bond donors (Lipinski definition) is 1. The molecular weight excluding hydrogens is 558 g/mol. The molecule has 1 heterocycles. The molecule has 6 aromatic rings. The number of rotatable bonds is 8. The maximum Gasteiger partial charge on any atom is 0.0716 e. The summed E-state index contributed by atoms with van der Waals surface area (Å²) < 4.78 is 2.38. The Labute approximate surface area is 274 Å². The Morgan fingerprint density at radius 1 is 0.674 bits per heavy atom. The number of hydrogen-bond acceptors (Lipinski definition) is 2. The molecule has 3 heteroatoms. The summed E-state index contributed by atoms with van der Waals surface area (Å²) >= 11 is 0. The fourth-order valence-electron chi connectivity index (χ4n) is 6.22. The largest absolute Gasteiger partial charge is 0.309 e. The summed E-state index contributed by atoms with van der Waals surface area (Å²) in [6.07, 6.45) is 5.44. The van der Waals surface area contributed by atoms with Crippen LogP contribution in [0.15, 0.2) is 114 Å². The molecule has 0 amide bonds. The smallest absolute Gasteiger partial charge is 0.0716 e. The van der Waals surface area contributed by atoms with E-state index in [4.69, 9.17) is 5.41 Å². The monoisotopic (exact) mass is 603 g/mol. The third kappa shape index (κ3) is 7.43. The van der Waals surface area contributed by atoms with Crippen molar-refractivity contribution in [3.63, 3.8) is 0 Å². The zero-order valence-electron chi connectivity index (χ0n) is 28.1. The Hall–Kier alpha value is -5.02. The van der Waals surface area contributed by atoms with Gasteiger partial charge in [-0.1, -0.05) is 89.7 Å². The van der Waals surface area contributed by atoms with Gasteiger partial charge in [-0.15, -0.1) is 0 Å². The van der Waals surface area contributed by atoms with Crippen molar-refractivity contribution in [3.8, 4) is 5.69 Å². The van der Waals surface area contributed by atoms with Crippen LogP contribution in [0.4, 0.5) is 0 Å². The first kappa shape index (κ1) is 32.4. The van der Waals surface area contributed by atoms with Gasteiger partial charge in [0.15, 0.2) is 0 Å². The number of benzene rings is 5. The minimum Gasteiger partial charge on any atom is -0.309 e. The highest BCUT2D eigenvalue weighted by molar-refractivity contribution is 6.11. The van der Waals surface area contributed by atoms with Crippen molar-refractivity contribution >= 4 is 39.9 Å². The van der Waals surface area contributed by atoms with Gasteiger partial charge in [0.1, 0.15) is 0 Å². The van der Waals surface area contributed by atoms with Crippen molar-refractivity contribution in [1.82, 2.24) is 4.57 Å². The molecule has 0 aliphatic heterocycles. The number of fused-ring (bicyclic) bond motifs is 3. The first-order valence-corrected chi connectivity index (χ1v) is 16.2. The quantitative estimate of drug-likeness (QED) is 0.168. The van der Waals surface area contributed by atoms with Crippen molar-refractivity contribution in [2.24, 2.45) is 4.99 Å². The predicted molar refractivity (Wildman–Crippen MR) is 200 cm³/mol. The maximum atomic E-state index is 8.35. The average molecular weight is 604 g/mol. The van der Waals surface area contributed by atoms with E-state index in [0.717, 1.165) is 34.4 Å². The average Bonchev–Trinajstić information content (AvgIpc) is 3.36. The van der Waals surface area contributed by atoms with E-state index < -0.39 is 0 Å². The Morgan fingerprint density at radius 2 is 1.26 bits per heavy atom. The van der Waals surface area contributed by atoms with Crippen LogP contribution in [-0.4, -0.2) is 17.0 Å². The molecule has 0 saturated carbocycles. The molecule has 46 heavy (non-hydrogen) atoms. The summed E-state index contributed by atoms with van der Waals surface area (Å²) in [6, 6.07) is 36.9. The molecule has 0 spiro atoms. The summed E-state index contributed by atoms with van der Waals surface area (Å²) in [5, 5.41) is 11.0. The van der Waals surface area contributed by atoms with E-state index in [0.29, 0.717) is 5.71 Å². The van der Waals surface area contributed by atoms with Gasteiger partial charge in [0.05, 0.1) is 22.4 Å². The van der Waals surface area contributed by atoms with E-state index in [2.05, 4.69) is 135 Å². The lowest BCUT2D eigenvalue weighted by Crippen LogP contribution is -1.98. The summed E-state index contributed by atoms with van der Waals surface area (Å²) in [5.74, 6) is 0. The van der Waals surface area contributed by atoms with Gasteiger partial charge in [-0.25, -0.2) is 0 Å². The number of aliphatic imine (C=N–C) groups is 1. The number of allylic oxidation sites excluding steroid dienone is 1. The molecule has 232 valence electrons. The predicted octanol–water partition coefficient (Wildman–Crippen LogP) is 11.5. The van der Waals surface area contributed by atoms with Gasteiger partial charge in [0, 0.05) is 22.0 Å². The van der Waals surface area contributed by atoms with E-state index in [1.807, 2.05) is 26.0 Å². The SMILES string of the molecule is C=N/C(=C\C(=N)c1cc(C)cc(C)c1)c1cc(C)cc(C)c1.CCCCc1ccc2c(c1)c1ccccc1n2-c1ccc(C)cc1. The van der Waals surface area contributed by atoms with E-state index in [1.165, 1.54) is 62.6 Å². The van der Waals surface area contributed by atoms with Crippen LogP contribution in [0.3, 0.4) is 0 Å². The number of nitrogens with one attached hydrogen (secondary N) is 1. The van der Waals surface area contributed by atoms with Gasteiger partial charge in [0.2, 0.25) is 0 Å². The molecule has 0 unspecified atom stereocenters. The van der Waals surface area contributed by atoms with Gasteiger partial charge >= 0.3 is 0 Å². The second-order valence-corrected chi connectivity index (χ2v) is 12.5. The lowest BCUT2D eigenvalue weighted by Gasteiger charge is -2.08. The molecule has 0 atom stereocenters. The zero-order chi connectivity index (χ0) is 32.8. The normalized spacial score (nSPS) is 11.4. The molecule has 0 radical (unpaired) electrons. The number of aromatic nitrogens is 1. The third-order valence-electron chi connectivity index (χ3n) is 8.35. The summed E-state index contributed by atoms with van der Waals surface area (Å²) in [7, 11) is 0. The Bertz CT molecular complexity index is 2010. The molecule has 6 rings (SSSR count). The van der Waals surface area contributed by atoms with Crippen LogP contribution in [0.25, 0.3) is 33.2 Å². The van der Waals surface area contributed by atoms with Gasteiger partial charge < -0.3 is 9.98 Å². The van der Waals surface area contributed by atoms with Crippen molar-refractivity contribution in [1.29, 1.82) is 5.41 Å². The van der Waals surface area contributed by atoms with E-state index in [1.54, 1.807) is 6.08 Å². The highest BCUT2D eigenvalue weighted by atomic mass is 15.0. The molecule has 0 saturated heterocycles. The molecule has 3 nitrogen and oxygen atoms in total. The fraction of sp³-hybridized carbons (Fsp3) is 0.209. The summed E-state index contributed by atoms with van der Waals surface area (Å²) in [5.41, 5.74) is 14.3. The number of nitrogens with zero attached hydrogens (tertiary/aromatic N) is 2. The van der Waals surface area contributed by atoms with Crippen LogP contribution in [0.5, 0.6) is 0 Å². The van der Waals surface area contributed by atoms with E-state index in [-0.39, 0.29) is 0 Å². The standard InChI is InChI=1S/C23H23N.C20H22N2/c1-3-4-7-18-12-15-23-21(16-18)20-8-5-6-9-22(20)24(23)19-13-10-17(2)11-14-19;1-13-6-14(2)9-17(8-13)19(21)12-20(22-5)18-10-15(3)7-16(4)11-18/h5-6,8-16H,3-4,7H2,1-2H3;6-12,21H,5H2,1-4H3/b;20-12-,21-19?. The van der Waals surface area contributed by atoms with Crippen molar-refractivity contribution in [3.05, 3.63) is 154 Å². The van der Waals surface area contributed by atoms with Crippen LogP contribution >= 0.6 is 0 Å². The molecule has 1 aromatic heterocycles. The van der Waals surface area contributed by atoms with Crippen molar-refractivity contribution in [2.75, 3.05) is 0 Å². The first-order chi connectivity index (χ1) is 22.2. The zero-order valence-corrected chi connectivity index (χ0v) is 28.1. The highest BCUT2D eigenvalue weighted by Crippen LogP contribution is 2.33. The minimum atomic E-state index is 0.452. The van der Waals surface area contributed by atoms with Gasteiger partial charge in [-0.2, -0.15) is 0 Å². The number of aryl methyl sites for hydroxylation is 6. The Morgan fingerprint density at radius 3 is 1.87 bits per heavy atom. The molecule has 1 N–H and O–H groups in total. The molecule has 0 aliphatic carbocycles. The van der Waals surface area contributed by atoms with Crippen LogP contribution in [0, 0.1) is 40.0 Å². The van der Waals surface area contributed by atoms with Gasteiger partial charge in [-0.05, 0) is 126 Å². The molecule has 0 bridgehead atoms.